The molecule has 0 saturated carbocycles. The Kier molecular flexibility index (Phi) is 3.87. The van der Waals surface area contributed by atoms with E-state index in [9.17, 15) is 4.79 Å². The van der Waals surface area contributed by atoms with Gasteiger partial charge in [0.2, 0.25) is 5.91 Å². The van der Waals surface area contributed by atoms with Crippen LogP contribution in [0.3, 0.4) is 0 Å². The molecule has 0 radical (unpaired) electrons. The number of H-pyrrole nitrogens is 1. The third kappa shape index (κ3) is 2.83. The van der Waals surface area contributed by atoms with Gasteiger partial charge in [0.1, 0.15) is 0 Å². The zero-order valence-corrected chi connectivity index (χ0v) is 13.3. The lowest BCUT2D eigenvalue weighted by molar-refractivity contribution is -0.118. The van der Waals surface area contributed by atoms with Crippen molar-refractivity contribution in [3.05, 3.63) is 77.6 Å². The SMILES string of the molecule is O=C(NC(c1ccccc1)c1ccc2nc[nH]c2c1)C1=CCCC1. The Morgan fingerprint density at radius 3 is 2.79 bits per heavy atom. The molecule has 0 aliphatic heterocycles. The number of hydrogen-bond donors (Lipinski definition) is 2. The number of imidazole rings is 1. The van der Waals surface area contributed by atoms with Crippen molar-refractivity contribution >= 4 is 16.9 Å². The minimum Gasteiger partial charge on any atom is -0.345 e. The number of fused-ring (bicyclic) bond motifs is 1. The number of rotatable bonds is 4. The molecule has 0 saturated heterocycles. The molecule has 0 spiro atoms. The van der Waals surface area contributed by atoms with E-state index < -0.39 is 0 Å². The molecule has 1 atom stereocenters. The molecule has 0 bridgehead atoms. The van der Waals surface area contributed by atoms with E-state index in [1.54, 1.807) is 6.33 Å². The molecule has 24 heavy (non-hydrogen) atoms. The van der Waals surface area contributed by atoms with Crippen LogP contribution >= 0.6 is 0 Å². The summed E-state index contributed by atoms with van der Waals surface area (Å²) in [6, 6.07) is 16.0. The van der Waals surface area contributed by atoms with Crippen LogP contribution in [0.1, 0.15) is 36.4 Å². The van der Waals surface area contributed by atoms with Gasteiger partial charge < -0.3 is 10.3 Å². The summed E-state index contributed by atoms with van der Waals surface area (Å²) in [5, 5.41) is 3.21. The summed E-state index contributed by atoms with van der Waals surface area (Å²) in [5.41, 5.74) is 4.92. The Morgan fingerprint density at radius 2 is 2.00 bits per heavy atom. The first-order valence-corrected chi connectivity index (χ1v) is 8.29. The zero-order valence-electron chi connectivity index (χ0n) is 13.3. The zero-order chi connectivity index (χ0) is 16.4. The average molecular weight is 317 g/mol. The minimum absolute atomic E-state index is 0.0334. The number of aromatic amines is 1. The van der Waals surface area contributed by atoms with Crippen LogP contribution in [0.2, 0.25) is 0 Å². The normalized spacial score (nSPS) is 15.2. The predicted octanol–water partition coefficient (Wildman–Crippen LogP) is 3.88. The van der Waals surface area contributed by atoms with Crippen LogP contribution in [0.5, 0.6) is 0 Å². The Labute approximate surface area is 140 Å². The summed E-state index contributed by atoms with van der Waals surface area (Å²) >= 11 is 0. The average Bonchev–Trinajstić information content (AvgIpc) is 3.31. The molecule has 120 valence electrons. The second-order valence-electron chi connectivity index (χ2n) is 6.12. The minimum atomic E-state index is -0.173. The quantitative estimate of drug-likeness (QED) is 0.767. The van der Waals surface area contributed by atoms with E-state index in [1.807, 2.05) is 42.5 Å². The maximum absolute atomic E-state index is 12.6. The van der Waals surface area contributed by atoms with Crippen molar-refractivity contribution in [2.75, 3.05) is 0 Å². The summed E-state index contributed by atoms with van der Waals surface area (Å²) in [5.74, 6) is 0.0334. The van der Waals surface area contributed by atoms with Crippen molar-refractivity contribution in [1.82, 2.24) is 15.3 Å². The van der Waals surface area contributed by atoms with E-state index >= 15 is 0 Å². The number of nitrogens with zero attached hydrogens (tertiary/aromatic N) is 1. The molecule has 2 aromatic carbocycles. The van der Waals surface area contributed by atoms with Crippen LogP contribution in [0.4, 0.5) is 0 Å². The van der Waals surface area contributed by atoms with Crippen molar-refractivity contribution in [2.24, 2.45) is 0 Å². The molecule has 4 heteroatoms. The number of carbonyl (C=O) groups is 1. The number of amides is 1. The van der Waals surface area contributed by atoms with Gasteiger partial charge in [0.05, 0.1) is 23.4 Å². The summed E-state index contributed by atoms with van der Waals surface area (Å²) in [6.07, 6.45) is 6.67. The van der Waals surface area contributed by atoms with Gasteiger partial charge in [-0.2, -0.15) is 0 Å². The molecule has 1 aliphatic rings. The second-order valence-corrected chi connectivity index (χ2v) is 6.12. The maximum atomic E-state index is 12.6. The monoisotopic (exact) mass is 317 g/mol. The summed E-state index contributed by atoms with van der Waals surface area (Å²) in [6.45, 7) is 0. The molecule has 1 aliphatic carbocycles. The summed E-state index contributed by atoms with van der Waals surface area (Å²) < 4.78 is 0. The highest BCUT2D eigenvalue weighted by Crippen LogP contribution is 2.26. The third-order valence-electron chi connectivity index (χ3n) is 4.52. The van der Waals surface area contributed by atoms with Crippen molar-refractivity contribution in [1.29, 1.82) is 0 Å². The number of aromatic nitrogens is 2. The van der Waals surface area contributed by atoms with E-state index in [0.29, 0.717) is 0 Å². The maximum Gasteiger partial charge on any atom is 0.247 e. The van der Waals surface area contributed by atoms with Gasteiger partial charge in [-0.1, -0.05) is 42.5 Å². The van der Waals surface area contributed by atoms with Crippen molar-refractivity contribution in [2.45, 2.75) is 25.3 Å². The molecule has 1 heterocycles. The lowest BCUT2D eigenvalue weighted by Gasteiger charge is -2.20. The number of nitrogens with one attached hydrogen (secondary N) is 2. The van der Waals surface area contributed by atoms with E-state index in [2.05, 4.69) is 27.4 Å². The molecule has 0 fully saturated rings. The van der Waals surface area contributed by atoms with Crippen molar-refractivity contribution in [3.8, 4) is 0 Å². The van der Waals surface area contributed by atoms with Crippen LogP contribution in [0.15, 0.2) is 66.5 Å². The molecule has 3 aromatic rings. The molecular weight excluding hydrogens is 298 g/mol. The van der Waals surface area contributed by atoms with Crippen LogP contribution < -0.4 is 5.32 Å². The smallest absolute Gasteiger partial charge is 0.247 e. The van der Waals surface area contributed by atoms with Gasteiger partial charge in [0.25, 0.3) is 0 Å². The first-order valence-electron chi connectivity index (χ1n) is 8.29. The van der Waals surface area contributed by atoms with Gasteiger partial charge in [-0.05, 0) is 42.5 Å². The number of carbonyl (C=O) groups excluding carboxylic acids is 1. The fourth-order valence-electron chi connectivity index (χ4n) is 3.24. The molecule has 4 nitrogen and oxygen atoms in total. The van der Waals surface area contributed by atoms with Crippen molar-refractivity contribution < 1.29 is 4.79 Å². The van der Waals surface area contributed by atoms with E-state index in [4.69, 9.17) is 0 Å². The van der Waals surface area contributed by atoms with E-state index in [-0.39, 0.29) is 11.9 Å². The number of allylic oxidation sites excluding steroid dienone is 1. The third-order valence-corrected chi connectivity index (χ3v) is 4.52. The Balaban J connectivity index is 1.70. The van der Waals surface area contributed by atoms with Crippen LogP contribution in [-0.4, -0.2) is 15.9 Å². The molecule has 1 amide bonds. The van der Waals surface area contributed by atoms with Gasteiger partial charge in [-0.25, -0.2) is 4.98 Å². The first kappa shape index (κ1) is 14.7. The Morgan fingerprint density at radius 1 is 1.12 bits per heavy atom. The Bertz CT molecular complexity index is 895. The first-order chi connectivity index (χ1) is 11.8. The van der Waals surface area contributed by atoms with Gasteiger partial charge in [0.15, 0.2) is 0 Å². The van der Waals surface area contributed by atoms with Gasteiger partial charge in [0, 0.05) is 5.57 Å². The van der Waals surface area contributed by atoms with Gasteiger partial charge >= 0.3 is 0 Å². The van der Waals surface area contributed by atoms with Crippen LogP contribution in [0, 0.1) is 0 Å². The van der Waals surface area contributed by atoms with Crippen molar-refractivity contribution in [3.63, 3.8) is 0 Å². The number of benzene rings is 2. The number of hydrogen-bond acceptors (Lipinski definition) is 2. The lowest BCUT2D eigenvalue weighted by Crippen LogP contribution is -2.30. The predicted molar refractivity (Wildman–Crippen MR) is 94.5 cm³/mol. The fourth-order valence-corrected chi connectivity index (χ4v) is 3.24. The molecule has 1 unspecified atom stereocenters. The standard InChI is InChI=1S/C20H19N3O/c24-20(15-8-4-5-9-15)23-19(14-6-2-1-3-7-14)16-10-11-17-18(12-16)22-13-21-17/h1-3,6-8,10-13,19H,4-5,9H2,(H,21,22)(H,23,24). The molecule has 1 aromatic heterocycles. The topological polar surface area (TPSA) is 57.8 Å². The summed E-state index contributed by atoms with van der Waals surface area (Å²) in [7, 11) is 0. The van der Waals surface area contributed by atoms with Gasteiger partial charge in [-0.3, -0.25) is 4.79 Å². The molecule has 4 rings (SSSR count). The molecule has 2 N–H and O–H groups in total. The van der Waals surface area contributed by atoms with Gasteiger partial charge in [-0.15, -0.1) is 0 Å². The highest BCUT2D eigenvalue weighted by atomic mass is 16.1. The molecular formula is C20H19N3O. The lowest BCUT2D eigenvalue weighted by atomic mass is 9.97. The van der Waals surface area contributed by atoms with E-state index in [0.717, 1.165) is 47.0 Å². The van der Waals surface area contributed by atoms with E-state index in [1.165, 1.54) is 0 Å². The second kappa shape index (κ2) is 6.32. The van der Waals surface area contributed by atoms with Crippen LogP contribution in [0.25, 0.3) is 11.0 Å². The highest BCUT2D eigenvalue weighted by Gasteiger charge is 2.20. The largest absolute Gasteiger partial charge is 0.345 e. The van der Waals surface area contributed by atoms with Crippen LogP contribution in [-0.2, 0) is 4.79 Å². The Hall–Kier alpha value is -2.88. The fraction of sp³-hybridized carbons (Fsp3) is 0.200. The highest BCUT2D eigenvalue weighted by molar-refractivity contribution is 5.94. The summed E-state index contributed by atoms with van der Waals surface area (Å²) in [4.78, 5) is 20.0.